The number of hydrogen-bond acceptors (Lipinski definition) is 13. The van der Waals surface area contributed by atoms with Crippen molar-refractivity contribution in [3.63, 3.8) is 0 Å². The number of primary amides is 1. The summed E-state index contributed by atoms with van der Waals surface area (Å²) in [7, 11) is 0. The molecule has 2 aliphatic rings. The number of aliphatic hydroxyl groups is 1. The minimum Gasteiger partial charge on any atom is -0.480 e. The average Bonchev–Trinajstić information content (AvgIpc) is 2.26. The van der Waals surface area contributed by atoms with E-state index in [1.807, 2.05) is 42.5 Å². The van der Waals surface area contributed by atoms with Gasteiger partial charge in [-0.15, -0.1) is 0 Å². The molecule has 0 unspecified atom stereocenters. The Bertz CT molecular complexity index is 3310. The van der Waals surface area contributed by atoms with Gasteiger partial charge >= 0.3 is 5.97 Å². The summed E-state index contributed by atoms with van der Waals surface area (Å²) in [6.07, 6.45) is 2.75. The number of nitrogens with zero attached hydrogens (tertiary/aromatic N) is 2. The molecule has 26 nitrogen and oxygen atoms in total. The van der Waals surface area contributed by atoms with Crippen LogP contribution in [0.15, 0.2) is 91.3 Å². The Morgan fingerprint density at radius 3 is 1.78 bits per heavy atom. The Morgan fingerprint density at radius 2 is 1.18 bits per heavy atom. The monoisotopic (exact) mass is 1200 g/mol. The van der Waals surface area contributed by atoms with Crippen LogP contribution >= 0.6 is 0 Å². The zero-order valence-corrected chi connectivity index (χ0v) is 49.1. The second-order valence-corrected chi connectivity index (χ2v) is 22.4. The van der Waals surface area contributed by atoms with Crippen LogP contribution in [0.2, 0.25) is 0 Å². The smallest absolute Gasteiger partial charge is 0.326 e. The fraction of sp³-hybridized carbons (Fsp3) is 0.459. The SMILES string of the molecule is CC[C@H](C)[C@H](NC(=O)CNC(=O)[C@H](C)NC(=O)[C@H](CCC(N)=O)NC(=O)[C@H](Cc1c[nH]c2ccccc12)NC(=O)[C@@H]1CCCN1C(=O)[C@@H]1CCCN1C(=O)[C@H](Cc1c[nH]c2ccccc12)NC(=O)[C@@H](NC(=O)[C@@H](N)Cc1ccccc1)[C@@H](C)O)C(=O)O. The highest BCUT2D eigenvalue weighted by Gasteiger charge is 2.45. The fourth-order valence-electron chi connectivity index (χ4n) is 11.0. The summed E-state index contributed by atoms with van der Waals surface area (Å²) in [5.74, 6) is -9.37. The van der Waals surface area contributed by atoms with E-state index in [1.54, 1.807) is 62.6 Å². The fourth-order valence-corrected chi connectivity index (χ4v) is 11.0. The molecule has 0 aliphatic carbocycles. The Balaban J connectivity index is 1.07. The van der Waals surface area contributed by atoms with Crippen LogP contribution in [0, 0.1) is 5.92 Å². The van der Waals surface area contributed by atoms with E-state index >= 15 is 4.79 Å². The number of benzene rings is 3. The molecule has 0 saturated carbocycles. The number of para-hydroxylation sites is 2. The van der Waals surface area contributed by atoms with E-state index in [4.69, 9.17) is 11.5 Å². The first-order valence-corrected chi connectivity index (χ1v) is 29.3. The number of likely N-dealkylation sites (tertiary alicyclic amines) is 2. The van der Waals surface area contributed by atoms with Crippen LogP contribution in [0.25, 0.3) is 21.8 Å². The maximum Gasteiger partial charge on any atom is 0.326 e. The predicted octanol–water partition coefficient (Wildman–Crippen LogP) is -0.192. The third-order valence-electron chi connectivity index (χ3n) is 16.1. The number of carboxylic acids is 1. The van der Waals surface area contributed by atoms with Gasteiger partial charge in [0.2, 0.25) is 59.1 Å². The number of carbonyl (C=O) groups is 11. The van der Waals surface area contributed by atoms with Crippen LogP contribution in [0.1, 0.15) is 89.3 Å². The van der Waals surface area contributed by atoms with Crippen LogP contribution in [0.5, 0.6) is 0 Å². The molecule has 2 fully saturated rings. The summed E-state index contributed by atoms with van der Waals surface area (Å²) in [5.41, 5.74) is 15.2. The highest BCUT2D eigenvalue weighted by Crippen LogP contribution is 2.28. The van der Waals surface area contributed by atoms with Gasteiger partial charge < -0.3 is 78.7 Å². The molecule has 3 aromatic carbocycles. The second kappa shape index (κ2) is 30.3. The molecule has 0 bridgehead atoms. The molecule has 4 heterocycles. The van der Waals surface area contributed by atoms with E-state index in [0.717, 1.165) is 27.4 Å². The predicted molar refractivity (Wildman–Crippen MR) is 319 cm³/mol. The zero-order chi connectivity index (χ0) is 63.1. The molecule has 466 valence electrons. The summed E-state index contributed by atoms with van der Waals surface area (Å²) in [4.78, 5) is 160. The number of carboxylic acid groups (broad SMARTS) is 1. The summed E-state index contributed by atoms with van der Waals surface area (Å²) in [6, 6.07) is 11.9. The van der Waals surface area contributed by atoms with Gasteiger partial charge in [-0.1, -0.05) is 87.0 Å². The molecular weight excluding hydrogens is 1120 g/mol. The summed E-state index contributed by atoms with van der Waals surface area (Å²) >= 11 is 0. The van der Waals surface area contributed by atoms with Gasteiger partial charge in [-0.2, -0.15) is 0 Å². The van der Waals surface area contributed by atoms with Crippen LogP contribution in [0.3, 0.4) is 0 Å². The van der Waals surface area contributed by atoms with Crippen molar-refractivity contribution in [1.29, 1.82) is 0 Å². The molecule has 2 aromatic heterocycles. The lowest BCUT2D eigenvalue weighted by Gasteiger charge is -2.34. The van der Waals surface area contributed by atoms with Crippen molar-refractivity contribution in [3.8, 4) is 0 Å². The standard InChI is InChI=1S/C61H79N13O13/c1-5-33(2)51(61(86)87)71-50(77)32-66-53(78)34(3)67-55(80)44(23-24-49(63)76)68-56(81)45(28-37-30-64-42-19-11-9-17-39(37)42)69-57(82)47-21-13-25-73(47)60(85)48-22-14-26-74(48)59(84)46(29-38-31-65-43-20-12-10-18-40(38)43)70-58(83)52(35(4)75)72-54(79)41(62)27-36-15-7-6-8-16-36/h6-12,15-20,30-31,33-35,41,44-48,51-52,64-65,75H,5,13-14,21-29,32,62H2,1-4H3,(H2,63,76)(H,66,78)(H,67,80)(H,68,81)(H,69,82)(H,70,83)(H,71,77)(H,72,79)(H,86,87)/t33-,34-,35+,41-,44-,45-,46-,47-,48-,51-,52-/m0/s1. The first kappa shape index (κ1) is 65.4. The number of nitrogens with one attached hydrogen (secondary N) is 9. The maximum atomic E-state index is 15.1. The van der Waals surface area contributed by atoms with Crippen molar-refractivity contribution in [2.45, 2.75) is 152 Å². The van der Waals surface area contributed by atoms with Crippen molar-refractivity contribution in [3.05, 3.63) is 108 Å². The number of H-pyrrole nitrogens is 2. The molecule has 26 heteroatoms. The minimum absolute atomic E-state index is 0.0647. The first-order chi connectivity index (χ1) is 41.5. The third kappa shape index (κ3) is 17.1. The molecule has 0 radical (unpaired) electrons. The molecule has 10 amide bonds. The van der Waals surface area contributed by atoms with Crippen molar-refractivity contribution in [2.75, 3.05) is 19.6 Å². The van der Waals surface area contributed by atoms with Gasteiger partial charge in [-0.05, 0) is 87.1 Å². The lowest BCUT2D eigenvalue weighted by Crippen LogP contribution is -2.61. The van der Waals surface area contributed by atoms with E-state index in [1.165, 1.54) is 23.6 Å². The Labute approximate surface area is 502 Å². The van der Waals surface area contributed by atoms with E-state index in [2.05, 4.69) is 47.2 Å². The van der Waals surface area contributed by atoms with Gasteiger partial charge in [-0.3, -0.25) is 47.9 Å². The quantitative estimate of drug-likeness (QED) is 0.0295. The average molecular weight is 1200 g/mol. The van der Waals surface area contributed by atoms with Crippen molar-refractivity contribution < 1.29 is 63.0 Å². The van der Waals surface area contributed by atoms with Gasteiger partial charge in [0.05, 0.1) is 18.7 Å². The number of nitrogens with two attached hydrogens (primary N) is 2. The molecule has 2 aliphatic heterocycles. The number of aromatic nitrogens is 2. The molecule has 0 spiro atoms. The maximum absolute atomic E-state index is 15.1. The number of rotatable bonds is 29. The van der Waals surface area contributed by atoms with Crippen molar-refractivity contribution in [1.82, 2.24) is 57.0 Å². The van der Waals surface area contributed by atoms with Crippen LogP contribution < -0.4 is 48.7 Å². The van der Waals surface area contributed by atoms with Gasteiger partial charge in [0.25, 0.3) is 0 Å². The molecule has 2 saturated heterocycles. The van der Waals surface area contributed by atoms with Gasteiger partial charge in [0, 0.05) is 66.6 Å². The summed E-state index contributed by atoms with van der Waals surface area (Å²) in [6.45, 7) is 5.63. The lowest BCUT2D eigenvalue weighted by atomic mass is 9.99. The minimum atomic E-state index is -1.54. The molecule has 11 atom stereocenters. The first-order valence-electron chi connectivity index (χ1n) is 29.3. The highest BCUT2D eigenvalue weighted by molar-refractivity contribution is 6.00. The van der Waals surface area contributed by atoms with E-state index in [9.17, 15) is 58.2 Å². The molecule has 15 N–H and O–H groups in total. The lowest BCUT2D eigenvalue weighted by molar-refractivity contribution is -0.148. The number of aliphatic carboxylic acids is 1. The molecule has 7 rings (SSSR count). The van der Waals surface area contributed by atoms with E-state index < -0.39 is 138 Å². The summed E-state index contributed by atoms with van der Waals surface area (Å²) < 4.78 is 0. The normalized spacial score (nSPS) is 18.0. The van der Waals surface area contributed by atoms with E-state index in [0.29, 0.717) is 30.4 Å². The van der Waals surface area contributed by atoms with Crippen LogP contribution in [-0.2, 0) is 72.0 Å². The second-order valence-electron chi connectivity index (χ2n) is 22.4. The van der Waals surface area contributed by atoms with Crippen molar-refractivity contribution in [2.24, 2.45) is 17.4 Å². The number of fused-ring (bicyclic) bond motifs is 2. The molecule has 87 heavy (non-hydrogen) atoms. The number of aromatic amines is 2. The zero-order valence-electron chi connectivity index (χ0n) is 49.1. The van der Waals surface area contributed by atoms with Gasteiger partial charge in [0.15, 0.2) is 0 Å². The third-order valence-corrected chi connectivity index (χ3v) is 16.1. The number of aliphatic hydroxyl groups excluding tert-OH is 1. The van der Waals surface area contributed by atoms with Crippen molar-refractivity contribution >= 4 is 86.8 Å². The molecular formula is C61H79N13O13. The highest BCUT2D eigenvalue weighted by atomic mass is 16.4. The topological polar surface area (TPSA) is 403 Å². The Morgan fingerprint density at radius 1 is 0.621 bits per heavy atom. The van der Waals surface area contributed by atoms with Crippen LogP contribution in [0.4, 0.5) is 0 Å². The Kier molecular flexibility index (Phi) is 22.7. The molecule has 5 aromatic rings. The van der Waals surface area contributed by atoms with E-state index in [-0.39, 0.29) is 58.0 Å². The summed E-state index contributed by atoms with van der Waals surface area (Å²) in [5, 5.41) is 39.9. The number of carbonyl (C=O) groups excluding carboxylic acids is 10. The number of amides is 10. The van der Waals surface area contributed by atoms with Gasteiger partial charge in [0.1, 0.15) is 48.3 Å². The van der Waals surface area contributed by atoms with Gasteiger partial charge in [-0.25, -0.2) is 4.79 Å². The largest absolute Gasteiger partial charge is 0.480 e. The number of hydrogen-bond donors (Lipinski definition) is 13. The Hall–Kier alpha value is -9.17. The van der Waals surface area contributed by atoms with Crippen LogP contribution in [-0.4, -0.2) is 175 Å².